The summed E-state index contributed by atoms with van der Waals surface area (Å²) in [6.45, 7) is 0. The molecule has 0 spiro atoms. The van der Waals surface area contributed by atoms with E-state index >= 15 is 0 Å². The minimum Gasteiger partial charge on any atom is -0.474 e. The van der Waals surface area contributed by atoms with E-state index in [2.05, 4.69) is 5.32 Å². The van der Waals surface area contributed by atoms with Gasteiger partial charge in [0.2, 0.25) is 0 Å². The summed E-state index contributed by atoms with van der Waals surface area (Å²) in [5.74, 6) is -2.67. The Bertz CT molecular complexity index is 711. The molecule has 1 heterocycles. The molecule has 0 aliphatic heterocycles. The zero-order valence-corrected chi connectivity index (χ0v) is 9.80. The zero-order chi connectivity index (χ0) is 13.4. The number of aliphatic carboxylic acids is 1. The maximum atomic E-state index is 11.7. The van der Waals surface area contributed by atoms with Gasteiger partial charge in [0, 0.05) is 19.8 Å². The van der Waals surface area contributed by atoms with Gasteiger partial charge in [-0.15, -0.1) is 0 Å². The lowest BCUT2D eigenvalue weighted by Crippen LogP contribution is -2.21. The molecule has 2 N–H and O–H groups in total. The van der Waals surface area contributed by atoms with Crippen molar-refractivity contribution >= 4 is 28.6 Å². The van der Waals surface area contributed by atoms with Crippen LogP contribution >= 0.6 is 0 Å². The van der Waals surface area contributed by atoms with Gasteiger partial charge in [-0.05, 0) is 18.2 Å². The van der Waals surface area contributed by atoms with Crippen LogP contribution in [-0.2, 0) is 23.7 Å². The van der Waals surface area contributed by atoms with Gasteiger partial charge in [-0.1, -0.05) is 0 Å². The second-order valence-electron chi connectivity index (χ2n) is 3.86. The van der Waals surface area contributed by atoms with E-state index in [1.807, 2.05) is 0 Å². The first-order valence-electron chi connectivity index (χ1n) is 5.11. The summed E-state index contributed by atoms with van der Waals surface area (Å²) in [6.07, 6.45) is 0. The molecule has 0 saturated heterocycles. The van der Waals surface area contributed by atoms with Crippen molar-refractivity contribution in [2.24, 2.45) is 14.1 Å². The van der Waals surface area contributed by atoms with Gasteiger partial charge in [-0.2, -0.15) is 0 Å². The van der Waals surface area contributed by atoms with Crippen LogP contribution in [0.25, 0.3) is 11.0 Å². The smallest absolute Gasteiger partial charge is 0.394 e. The van der Waals surface area contributed by atoms with Crippen LogP contribution in [0.5, 0.6) is 0 Å². The fourth-order valence-electron chi connectivity index (χ4n) is 1.77. The molecule has 94 valence electrons. The topological polar surface area (TPSA) is 93.3 Å². The van der Waals surface area contributed by atoms with Crippen molar-refractivity contribution in [3.63, 3.8) is 0 Å². The standard InChI is InChI=1S/C11H11N3O4/c1-13-7-4-3-6(12-9(15)10(16)17)5-8(7)14(2)11(13)18/h3-5H,1-2H3,(H,12,15)(H,16,17). The molecule has 0 aliphatic rings. The number of carboxylic acids is 1. The van der Waals surface area contributed by atoms with E-state index < -0.39 is 11.9 Å². The molecule has 1 amide bonds. The van der Waals surface area contributed by atoms with Gasteiger partial charge in [-0.3, -0.25) is 13.9 Å². The Morgan fingerprint density at radius 1 is 1.17 bits per heavy atom. The number of anilines is 1. The number of imidazole rings is 1. The molecule has 1 aromatic carbocycles. The molecule has 2 aromatic rings. The molecule has 0 unspecified atom stereocenters. The van der Waals surface area contributed by atoms with E-state index in [0.717, 1.165) is 0 Å². The highest BCUT2D eigenvalue weighted by Crippen LogP contribution is 2.17. The number of rotatable bonds is 1. The molecule has 2 rings (SSSR count). The summed E-state index contributed by atoms with van der Waals surface area (Å²) in [5, 5.41) is 10.7. The van der Waals surface area contributed by atoms with E-state index in [0.29, 0.717) is 16.7 Å². The number of fused-ring (bicyclic) bond motifs is 1. The monoisotopic (exact) mass is 249 g/mol. The van der Waals surface area contributed by atoms with Crippen molar-refractivity contribution < 1.29 is 14.7 Å². The molecule has 0 radical (unpaired) electrons. The number of hydrogen-bond donors (Lipinski definition) is 2. The van der Waals surface area contributed by atoms with Crippen LogP contribution in [0.3, 0.4) is 0 Å². The molecule has 7 nitrogen and oxygen atoms in total. The summed E-state index contributed by atoms with van der Waals surface area (Å²) in [4.78, 5) is 33.1. The Hall–Kier alpha value is -2.57. The van der Waals surface area contributed by atoms with Crippen LogP contribution in [0.15, 0.2) is 23.0 Å². The predicted molar refractivity (Wildman–Crippen MR) is 64.4 cm³/mol. The van der Waals surface area contributed by atoms with Crippen LogP contribution in [0, 0.1) is 0 Å². The molecule has 0 saturated carbocycles. The van der Waals surface area contributed by atoms with E-state index in [9.17, 15) is 14.4 Å². The van der Waals surface area contributed by atoms with E-state index in [-0.39, 0.29) is 5.69 Å². The summed E-state index contributed by atoms with van der Waals surface area (Å²) < 4.78 is 2.89. The average molecular weight is 249 g/mol. The first kappa shape index (κ1) is 11.9. The highest BCUT2D eigenvalue weighted by Gasteiger charge is 2.13. The fourth-order valence-corrected chi connectivity index (χ4v) is 1.77. The molecule has 0 aliphatic carbocycles. The SMILES string of the molecule is Cn1c(=O)n(C)c2cc(NC(=O)C(=O)O)ccc21. The van der Waals surface area contributed by atoms with Gasteiger partial charge in [-0.25, -0.2) is 9.59 Å². The third-order valence-electron chi connectivity index (χ3n) is 2.72. The van der Waals surface area contributed by atoms with E-state index in [4.69, 9.17) is 5.11 Å². The molecule has 7 heteroatoms. The van der Waals surface area contributed by atoms with Gasteiger partial charge in [0.1, 0.15) is 0 Å². The molecule has 0 atom stereocenters. The summed E-state index contributed by atoms with van der Waals surface area (Å²) in [6, 6.07) is 4.74. The quantitative estimate of drug-likeness (QED) is 0.690. The highest BCUT2D eigenvalue weighted by molar-refractivity contribution is 6.36. The maximum Gasteiger partial charge on any atom is 0.394 e. The Labute approximate surface area is 101 Å². The van der Waals surface area contributed by atoms with Gasteiger partial charge in [0.25, 0.3) is 0 Å². The average Bonchev–Trinajstić information content (AvgIpc) is 2.54. The van der Waals surface area contributed by atoms with Gasteiger partial charge >= 0.3 is 17.6 Å². The third-order valence-corrected chi connectivity index (χ3v) is 2.72. The Morgan fingerprint density at radius 2 is 1.78 bits per heavy atom. The van der Waals surface area contributed by atoms with Crippen molar-refractivity contribution in [1.82, 2.24) is 9.13 Å². The first-order valence-corrected chi connectivity index (χ1v) is 5.11. The van der Waals surface area contributed by atoms with E-state index in [1.165, 1.54) is 9.13 Å². The zero-order valence-electron chi connectivity index (χ0n) is 9.80. The minimum atomic E-state index is -1.56. The summed E-state index contributed by atoms with van der Waals surface area (Å²) in [5.41, 5.74) is 1.46. The number of aryl methyl sites for hydroxylation is 2. The van der Waals surface area contributed by atoms with Gasteiger partial charge in [0.15, 0.2) is 0 Å². The number of amides is 1. The number of aromatic nitrogens is 2. The van der Waals surface area contributed by atoms with E-state index in [1.54, 1.807) is 32.3 Å². The second-order valence-corrected chi connectivity index (χ2v) is 3.86. The van der Waals surface area contributed by atoms with Crippen LogP contribution in [0.1, 0.15) is 0 Å². The first-order chi connectivity index (χ1) is 8.41. The van der Waals surface area contributed by atoms with Gasteiger partial charge in [0.05, 0.1) is 11.0 Å². The van der Waals surface area contributed by atoms with Crippen molar-refractivity contribution in [2.45, 2.75) is 0 Å². The largest absolute Gasteiger partial charge is 0.474 e. The van der Waals surface area contributed by atoms with Crippen molar-refractivity contribution in [3.05, 3.63) is 28.7 Å². The summed E-state index contributed by atoms with van der Waals surface area (Å²) in [7, 11) is 3.24. The van der Waals surface area contributed by atoms with Crippen LogP contribution < -0.4 is 11.0 Å². The van der Waals surface area contributed by atoms with Crippen molar-refractivity contribution in [2.75, 3.05) is 5.32 Å². The molecule has 18 heavy (non-hydrogen) atoms. The number of nitrogens with one attached hydrogen (secondary N) is 1. The highest BCUT2D eigenvalue weighted by atomic mass is 16.4. The lowest BCUT2D eigenvalue weighted by molar-refractivity contribution is -0.147. The lowest BCUT2D eigenvalue weighted by atomic mass is 10.2. The Morgan fingerprint density at radius 3 is 2.39 bits per heavy atom. The summed E-state index contributed by atoms with van der Waals surface area (Å²) >= 11 is 0. The number of carbonyl (C=O) groups is 2. The van der Waals surface area contributed by atoms with Crippen LogP contribution in [0.2, 0.25) is 0 Å². The number of carboxylic acid groups (broad SMARTS) is 1. The predicted octanol–water partition coefficient (Wildman–Crippen LogP) is -0.0999. The van der Waals surface area contributed by atoms with Crippen molar-refractivity contribution in [3.8, 4) is 0 Å². The second kappa shape index (κ2) is 4.02. The third kappa shape index (κ3) is 1.75. The van der Waals surface area contributed by atoms with Gasteiger partial charge < -0.3 is 10.4 Å². The van der Waals surface area contributed by atoms with Crippen LogP contribution in [-0.4, -0.2) is 26.1 Å². The Kier molecular flexibility index (Phi) is 2.66. The van der Waals surface area contributed by atoms with Crippen molar-refractivity contribution in [1.29, 1.82) is 0 Å². The molecular weight excluding hydrogens is 238 g/mol. The molecule has 1 aromatic heterocycles. The Balaban J connectivity index is 2.51. The number of carbonyl (C=O) groups excluding carboxylic acids is 1. The molecule has 0 fully saturated rings. The number of nitrogens with zero attached hydrogens (tertiary/aromatic N) is 2. The maximum absolute atomic E-state index is 11.7. The molecule has 0 bridgehead atoms. The number of hydrogen-bond acceptors (Lipinski definition) is 3. The normalized spacial score (nSPS) is 10.6. The lowest BCUT2D eigenvalue weighted by Gasteiger charge is -2.02. The number of benzene rings is 1. The fraction of sp³-hybridized carbons (Fsp3) is 0.182. The minimum absolute atomic E-state index is 0.188. The van der Waals surface area contributed by atoms with Crippen LogP contribution in [0.4, 0.5) is 5.69 Å². The molecular formula is C11H11N3O4.